The molecule has 7 nitrogen and oxygen atoms in total. The number of rotatable bonds is 2. The van der Waals surface area contributed by atoms with E-state index in [9.17, 15) is 9.18 Å². The summed E-state index contributed by atoms with van der Waals surface area (Å²) in [5.74, 6) is -0.527. The molecule has 0 aliphatic carbocycles. The normalized spacial score (nSPS) is 18.6. The number of benzene rings is 2. The fraction of sp³-hybridized carbons (Fsp3) is 0.105. The number of nitrogens with zero attached hydrogens (tertiary/aromatic N) is 4. The number of halogens is 1. The van der Waals surface area contributed by atoms with E-state index in [0.29, 0.717) is 22.6 Å². The Morgan fingerprint density at radius 3 is 2.70 bits per heavy atom. The van der Waals surface area contributed by atoms with Gasteiger partial charge in [0.05, 0.1) is 22.7 Å². The molecule has 4 aromatic rings. The summed E-state index contributed by atoms with van der Waals surface area (Å²) < 4.78 is 14.1. The standard InChI is InChI=1S/C19H13FN6O/c20-11-6-12-15-14(7-11)21-8-13(10-4-2-1-3-5-10)16(18-22-9-23-25-18)17(15)24-26-19(12)27/h1-9,13,16H,(H,26,27)(H,22,23,25). The number of hydrogen-bond donors (Lipinski definition) is 2. The summed E-state index contributed by atoms with van der Waals surface area (Å²) in [6.45, 7) is 0. The average Bonchev–Trinajstić information content (AvgIpc) is 3.16. The maximum atomic E-state index is 14.1. The third-order valence-corrected chi connectivity index (χ3v) is 4.80. The molecule has 2 aromatic heterocycles. The molecular formula is C19H13FN6O. The average molecular weight is 360 g/mol. The highest BCUT2D eigenvalue weighted by atomic mass is 19.1. The quantitative estimate of drug-likeness (QED) is 0.574. The van der Waals surface area contributed by atoms with Crippen LogP contribution in [-0.4, -0.2) is 31.6 Å². The molecule has 0 spiro atoms. The zero-order valence-electron chi connectivity index (χ0n) is 13.9. The van der Waals surface area contributed by atoms with E-state index in [1.165, 1.54) is 18.5 Å². The predicted octanol–water partition coefficient (Wildman–Crippen LogP) is 2.81. The first-order valence-corrected chi connectivity index (χ1v) is 8.38. The monoisotopic (exact) mass is 360 g/mol. The van der Waals surface area contributed by atoms with Crippen molar-refractivity contribution in [3.05, 3.63) is 82.0 Å². The molecule has 1 aliphatic rings. The van der Waals surface area contributed by atoms with Gasteiger partial charge in [-0.25, -0.2) is 14.5 Å². The van der Waals surface area contributed by atoms with Crippen molar-refractivity contribution >= 4 is 22.7 Å². The molecule has 3 heterocycles. The van der Waals surface area contributed by atoms with Gasteiger partial charge in [-0.1, -0.05) is 30.3 Å². The highest BCUT2D eigenvalue weighted by Crippen LogP contribution is 2.42. The number of aromatic nitrogens is 5. The Labute approximate surface area is 152 Å². The van der Waals surface area contributed by atoms with Crippen LogP contribution < -0.4 is 5.56 Å². The minimum absolute atomic E-state index is 0.213. The zero-order chi connectivity index (χ0) is 18.4. The topological polar surface area (TPSA) is 99.7 Å². The number of nitrogens with one attached hydrogen (secondary N) is 2. The molecule has 0 radical (unpaired) electrons. The molecule has 0 amide bonds. The summed E-state index contributed by atoms with van der Waals surface area (Å²) in [6, 6.07) is 12.3. The lowest BCUT2D eigenvalue weighted by atomic mass is 9.83. The first kappa shape index (κ1) is 15.6. The van der Waals surface area contributed by atoms with Crippen LogP contribution in [0, 0.1) is 5.82 Å². The van der Waals surface area contributed by atoms with Crippen LogP contribution in [0.15, 0.2) is 58.6 Å². The first-order chi connectivity index (χ1) is 13.2. The van der Waals surface area contributed by atoms with Crippen LogP contribution >= 0.6 is 0 Å². The fourth-order valence-electron chi connectivity index (χ4n) is 3.63. The van der Waals surface area contributed by atoms with E-state index in [1.54, 1.807) is 6.21 Å². The second-order valence-corrected chi connectivity index (χ2v) is 6.35. The van der Waals surface area contributed by atoms with Gasteiger partial charge in [0, 0.05) is 23.6 Å². The van der Waals surface area contributed by atoms with Crippen LogP contribution in [0.2, 0.25) is 0 Å². The van der Waals surface area contributed by atoms with Gasteiger partial charge < -0.3 is 0 Å². The van der Waals surface area contributed by atoms with Gasteiger partial charge in [0.2, 0.25) is 0 Å². The van der Waals surface area contributed by atoms with Crippen molar-refractivity contribution < 1.29 is 4.39 Å². The van der Waals surface area contributed by atoms with Gasteiger partial charge in [-0.3, -0.25) is 14.9 Å². The predicted molar refractivity (Wildman–Crippen MR) is 97.9 cm³/mol. The molecule has 0 fully saturated rings. The van der Waals surface area contributed by atoms with Gasteiger partial charge in [-0.05, 0) is 11.6 Å². The van der Waals surface area contributed by atoms with Crippen LogP contribution in [0.5, 0.6) is 0 Å². The molecule has 0 bridgehead atoms. The number of H-pyrrole nitrogens is 2. The number of hydrogen-bond acceptors (Lipinski definition) is 5. The number of aliphatic imine (C=N–C) groups is 1. The molecule has 27 heavy (non-hydrogen) atoms. The molecular weight excluding hydrogens is 347 g/mol. The molecule has 2 aromatic carbocycles. The molecule has 0 saturated heterocycles. The van der Waals surface area contributed by atoms with Gasteiger partial charge in [-0.15, -0.1) is 0 Å². The molecule has 2 atom stereocenters. The van der Waals surface area contributed by atoms with Crippen LogP contribution in [0.25, 0.3) is 10.8 Å². The lowest BCUT2D eigenvalue weighted by Gasteiger charge is -2.21. The summed E-state index contributed by atoms with van der Waals surface area (Å²) in [6.07, 6.45) is 3.18. The number of aromatic amines is 2. The maximum Gasteiger partial charge on any atom is 0.272 e. The van der Waals surface area contributed by atoms with Crippen molar-refractivity contribution in [2.75, 3.05) is 0 Å². The summed E-state index contributed by atoms with van der Waals surface area (Å²) in [5, 5.41) is 14.4. The minimum Gasteiger partial charge on any atom is -0.267 e. The van der Waals surface area contributed by atoms with Crippen LogP contribution in [0.4, 0.5) is 10.1 Å². The summed E-state index contributed by atoms with van der Waals surface area (Å²) in [5.41, 5.74) is 1.49. The van der Waals surface area contributed by atoms with Crippen LogP contribution in [-0.2, 0) is 0 Å². The maximum absolute atomic E-state index is 14.1. The van der Waals surface area contributed by atoms with E-state index in [4.69, 9.17) is 0 Å². The van der Waals surface area contributed by atoms with Crippen molar-refractivity contribution in [1.82, 2.24) is 25.4 Å². The third kappa shape index (κ3) is 2.45. The van der Waals surface area contributed by atoms with E-state index in [1.807, 2.05) is 30.3 Å². The van der Waals surface area contributed by atoms with E-state index >= 15 is 0 Å². The highest BCUT2D eigenvalue weighted by molar-refractivity contribution is 5.97. The Morgan fingerprint density at radius 2 is 1.93 bits per heavy atom. The van der Waals surface area contributed by atoms with Gasteiger partial charge >= 0.3 is 0 Å². The summed E-state index contributed by atoms with van der Waals surface area (Å²) >= 11 is 0. The molecule has 5 rings (SSSR count). The molecule has 1 aliphatic heterocycles. The third-order valence-electron chi connectivity index (χ3n) is 4.80. The molecule has 8 heteroatoms. The molecule has 2 unspecified atom stereocenters. The van der Waals surface area contributed by atoms with Crippen molar-refractivity contribution in [3.8, 4) is 0 Å². The summed E-state index contributed by atoms with van der Waals surface area (Å²) in [4.78, 5) is 21.1. The van der Waals surface area contributed by atoms with Gasteiger partial charge in [0.25, 0.3) is 5.56 Å². The second-order valence-electron chi connectivity index (χ2n) is 6.35. The van der Waals surface area contributed by atoms with Crippen LogP contribution in [0.3, 0.4) is 0 Å². The highest BCUT2D eigenvalue weighted by Gasteiger charge is 2.33. The van der Waals surface area contributed by atoms with E-state index in [2.05, 4.69) is 30.4 Å². The van der Waals surface area contributed by atoms with E-state index < -0.39 is 11.4 Å². The lowest BCUT2D eigenvalue weighted by Crippen LogP contribution is -2.20. The Bertz CT molecular complexity index is 1220. The molecule has 132 valence electrons. The molecule has 0 saturated carbocycles. The van der Waals surface area contributed by atoms with Crippen molar-refractivity contribution in [2.24, 2.45) is 4.99 Å². The van der Waals surface area contributed by atoms with Crippen molar-refractivity contribution in [2.45, 2.75) is 11.8 Å². The minimum atomic E-state index is -0.522. The summed E-state index contributed by atoms with van der Waals surface area (Å²) in [7, 11) is 0. The fourth-order valence-corrected chi connectivity index (χ4v) is 3.63. The van der Waals surface area contributed by atoms with Gasteiger partial charge in [0.15, 0.2) is 0 Å². The lowest BCUT2D eigenvalue weighted by molar-refractivity contribution is 0.629. The van der Waals surface area contributed by atoms with Gasteiger partial charge in [-0.2, -0.15) is 10.2 Å². The Balaban J connectivity index is 1.87. The van der Waals surface area contributed by atoms with E-state index in [0.717, 1.165) is 5.56 Å². The smallest absolute Gasteiger partial charge is 0.267 e. The zero-order valence-corrected chi connectivity index (χ0v) is 13.9. The van der Waals surface area contributed by atoms with Crippen molar-refractivity contribution in [1.29, 1.82) is 0 Å². The SMILES string of the molecule is O=c1[nH]nc2c3c(cc(F)cc13)N=CC(c1ccccc1)C2c1ncn[nH]1. The largest absolute Gasteiger partial charge is 0.272 e. The van der Waals surface area contributed by atoms with Crippen molar-refractivity contribution in [3.63, 3.8) is 0 Å². The van der Waals surface area contributed by atoms with Crippen LogP contribution in [0.1, 0.15) is 28.9 Å². The first-order valence-electron chi connectivity index (χ1n) is 8.38. The Kier molecular flexibility index (Phi) is 3.43. The Morgan fingerprint density at radius 1 is 1.07 bits per heavy atom. The van der Waals surface area contributed by atoms with E-state index in [-0.39, 0.29) is 17.2 Å². The molecule has 2 N–H and O–H groups in total. The second kappa shape index (κ2) is 5.94. The Hall–Kier alpha value is -3.68. The van der Waals surface area contributed by atoms with Gasteiger partial charge in [0.1, 0.15) is 18.0 Å².